The van der Waals surface area contributed by atoms with Crippen LogP contribution in [-0.4, -0.2) is 70.9 Å². The normalized spacial score (nSPS) is 23.0. The highest BCUT2D eigenvalue weighted by Gasteiger charge is 2.43. The molecule has 2 rings (SSSR count). The Bertz CT molecular complexity index is 586. The molecular weight excluding hydrogens is 340 g/mol. The fourth-order valence-corrected chi connectivity index (χ4v) is 3.35. The number of carbonyl (C=O) groups is 4. The SMILES string of the molecule is CC(C)(C)OC(=O)N1CCC[C@H]1C(=O)N1CCC[C@H]1C(=O)NCC(N)=O. The van der Waals surface area contributed by atoms with Gasteiger partial charge in [0, 0.05) is 13.1 Å². The highest BCUT2D eigenvalue weighted by molar-refractivity contribution is 5.93. The van der Waals surface area contributed by atoms with Gasteiger partial charge in [-0.25, -0.2) is 4.79 Å². The monoisotopic (exact) mass is 368 g/mol. The average Bonchev–Trinajstić information content (AvgIpc) is 3.19. The van der Waals surface area contributed by atoms with Gasteiger partial charge in [0.15, 0.2) is 0 Å². The second-order valence-corrected chi connectivity index (χ2v) is 7.71. The molecular formula is C17H28N4O5. The summed E-state index contributed by atoms with van der Waals surface area (Å²) in [5, 5.41) is 2.45. The Balaban J connectivity index is 2.04. The van der Waals surface area contributed by atoms with Gasteiger partial charge in [0.1, 0.15) is 17.7 Å². The number of carbonyl (C=O) groups excluding carboxylic acids is 4. The Hall–Kier alpha value is -2.32. The summed E-state index contributed by atoms with van der Waals surface area (Å²) in [6, 6.07) is -1.25. The molecule has 0 saturated carbocycles. The van der Waals surface area contributed by atoms with Crippen LogP contribution in [0.2, 0.25) is 0 Å². The lowest BCUT2D eigenvalue weighted by molar-refractivity contribution is -0.142. The second kappa shape index (κ2) is 7.92. The third-order valence-corrected chi connectivity index (χ3v) is 4.44. The van der Waals surface area contributed by atoms with E-state index in [1.165, 1.54) is 9.80 Å². The van der Waals surface area contributed by atoms with E-state index in [1.54, 1.807) is 20.8 Å². The predicted molar refractivity (Wildman–Crippen MR) is 92.9 cm³/mol. The number of nitrogens with one attached hydrogen (secondary N) is 1. The van der Waals surface area contributed by atoms with Crippen LogP contribution in [0.3, 0.4) is 0 Å². The zero-order valence-corrected chi connectivity index (χ0v) is 15.6. The Morgan fingerprint density at radius 3 is 2.19 bits per heavy atom. The van der Waals surface area contributed by atoms with Crippen molar-refractivity contribution in [1.29, 1.82) is 0 Å². The molecule has 2 saturated heterocycles. The molecule has 0 spiro atoms. The van der Waals surface area contributed by atoms with Gasteiger partial charge >= 0.3 is 6.09 Å². The average molecular weight is 368 g/mol. The lowest BCUT2D eigenvalue weighted by atomic mass is 10.1. The van der Waals surface area contributed by atoms with Crippen molar-refractivity contribution in [1.82, 2.24) is 15.1 Å². The van der Waals surface area contributed by atoms with Crippen molar-refractivity contribution in [2.24, 2.45) is 5.73 Å². The Morgan fingerprint density at radius 2 is 1.62 bits per heavy atom. The van der Waals surface area contributed by atoms with Crippen molar-refractivity contribution in [3.63, 3.8) is 0 Å². The summed E-state index contributed by atoms with van der Waals surface area (Å²) >= 11 is 0. The molecule has 2 atom stereocenters. The number of hydrogen-bond acceptors (Lipinski definition) is 5. The molecule has 0 radical (unpaired) electrons. The molecule has 3 N–H and O–H groups in total. The maximum absolute atomic E-state index is 13.0. The van der Waals surface area contributed by atoms with E-state index >= 15 is 0 Å². The first kappa shape index (κ1) is 20.0. The van der Waals surface area contributed by atoms with Crippen molar-refractivity contribution >= 4 is 23.8 Å². The zero-order valence-electron chi connectivity index (χ0n) is 15.6. The minimum absolute atomic E-state index is 0.245. The van der Waals surface area contributed by atoms with Crippen LogP contribution in [0.5, 0.6) is 0 Å². The summed E-state index contributed by atoms with van der Waals surface area (Å²) < 4.78 is 5.39. The van der Waals surface area contributed by atoms with Gasteiger partial charge < -0.3 is 20.7 Å². The fourth-order valence-electron chi connectivity index (χ4n) is 3.35. The molecule has 2 aliphatic heterocycles. The molecule has 26 heavy (non-hydrogen) atoms. The summed E-state index contributed by atoms with van der Waals surface area (Å²) in [5.74, 6) is -1.28. The molecule has 0 unspecified atom stereocenters. The van der Waals surface area contributed by atoms with Crippen LogP contribution in [0.25, 0.3) is 0 Å². The molecule has 0 aromatic heterocycles. The molecule has 0 aromatic rings. The van der Waals surface area contributed by atoms with Gasteiger partial charge in [-0.1, -0.05) is 0 Å². The van der Waals surface area contributed by atoms with E-state index in [1.807, 2.05) is 0 Å². The molecule has 0 aliphatic carbocycles. The quantitative estimate of drug-likeness (QED) is 0.722. The fraction of sp³-hybridized carbons (Fsp3) is 0.765. The summed E-state index contributed by atoms with van der Waals surface area (Å²) in [7, 11) is 0. The Morgan fingerprint density at radius 1 is 1.04 bits per heavy atom. The first-order chi connectivity index (χ1) is 12.1. The van der Waals surface area contributed by atoms with Crippen molar-refractivity contribution in [2.75, 3.05) is 19.6 Å². The lowest BCUT2D eigenvalue weighted by Gasteiger charge is -2.32. The van der Waals surface area contributed by atoms with Gasteiger partial charge in [0.05, 0.1) is 6.54 Å². The van der Waals surface area contributed by atoms with Crippen LogP contribution < -0.4 is 11.1 Å². The van der Waals surface area contributed by atoms with Crippen molar-refractivity contribution in [3.05, 3.63) is 0 Å². The van der Waals surface area contributed by atoms with E-state index in [0.717, 1.165) is 0 Å². The molecule has 9 nitrogen and oxygen atoms in total. The minimum atomic E-state index is -0.641. The number of ether oxygens (including phenoxy) is 1. The van der Waals surface area contributed by atoms with Crippen molar-refractivity contribution in [2.45, 2.75) is 64.1 Å². The molecule has 146 valence electrons. The number of nitrogens with zero attached hydrogens (tertiary/aromatic N) is 2. The van der Waals surface area contributed by atoms with E-state index in [2.05, 4.69) is 5.32 Å². The number of hydrogen-bond donors (Lipinski definition) is 2. The van der Waals surface area contributed by atoms with E-state index < -0.39 is 35.6 Å². The van der Waals surface area contributed by atoms with E-state index in [9.17, 15) is 19.2 Å². The van der Waals surface area contributed by atoms with Gasteiger partial charge in [0.25, 0.3) is 0 Å². The van der Waals surface area contributed by atoms with Gasteiger partial charge in [-0.3, -0.25) is 19.3 Å². The number of rotatable bonds is 4. The second-order valence-electron chi connectivity index (χ2n) is 7.71. The van der Waals surface area contributed by atoms with Crippen LogP contribution in [-0.2, 0) is 19.1 Å². The summed E-state index contributed by atoms with van der Waals surface area (Å²) in [6.07, 6.45) is 1.96. The van der Waals surface area contributed by atoms with E-state index in [-0.39, 0.29) is 12.5 Å². The van der Waals surface area contributed by atoms with E-state index in [4.69, 9.17) is 10.5 Å². The van der Waals surface area contributed by atoms with E-state index in [0.29, 0.717) is 38.8 Å². The van der Waals surface area contributed by atoms with Crippen LogP contribution in [0, 0.1) is 0 Å². The molecule has 2 fully saturated rings. The summed E-state index contributed by atoms with van der Waals surface area (Å²) in [5.41, 5.74) is 4.40. The minimum Gasteiger partial charge on any atom is -0.444 e. The van der Waals surface area contributed by atoms with Crippen LogP contribution >= 0.6 is 0 Å². The van der Waals surface area contributed by atoms with Gasteiger partial charge in [-0.05, 0) is 46.5 Å². The maximum atomic E-state index is 13.0. The number of nitrogens with two attached hydrogens (primary N) is 1. The Labute approximate surface area is 153 Å². The largest absolute Gasteiger partial charge is 0.444 e. The number of likely N-dealkylation sites (tertiary alicyclic amines) is 2. The molecule has 9 heteroatoms. The third-order valence-electron chi connectivity index (χ3n) is 4.44. The topological polar surface area (TPSA) is 122 Å². The highest BCUT2D eigenvalue weighted by atomic mass is 16.6. The zero-order chi connectivity index (χ0) is 19.5. The van der Waals surface area contributed by atoms with Gasteiger partial charge in [-0.2, -0.15) is 0 Å². The lowest BCUT2D eigenvalue weighted by Crippen LogP contribution is -2.53. The van der Waals surface area contributed by atoms with Crippen LogP contribution in [0.4, 0.5) is 4.79 Å². The first-order valence-corrected chi connectivity index (χ1v) is 8.96. The molecule has 2 heterocycles. The van der Waals surface area contributed by atoms with Gasteiger partial charge in [-0.15, -0.1) is 0 Å². The predicted octanol–water partition coefficient (Wildman–Crippen LogP) is -0.0216. The summed E-state index contributed by atoms with van der Waals surface area (Å²) in [4.78, 5) is 51.4. The number of primary amides is 1. The molecule has 0 bridgehead atoms. The van der Waals surface area contributed by atoms with Gasteiger partial charge in [0.2, 0.25) is 17.7 Å². The smallest absolute Gasteiger partial charge is 0.410 e. The first-order valence-electron chi connectivity index (χ1n) is 8.96. The summed E-state index contributed by atoms with van der Waals surface area (Å²) in [6.45, 7) is 5.97. The third kappa shape index (κ3) is 4.86. The molecule has 2 aliphatic rings. The molecule has 0 aromatic carbocycles. The van der Waals surface area contributed by atoms with Crippen LogP contribution in [0.15, 0.2) is 0 Å². The van der Waals surface area contributed by atoms with Crippen molar-refractivity contribution in [3.8, 4) is 0 Å². The highest BCUT2D eigenvalue weighted by Crippen LogP contribution is 2.26. The standard InChI is InChI=1S/C17H28N4O5/c1-17(2,3)26-16(25)21-9-5-7-12(21)15(24)20-8-4-6-11(20)14(23)19-10-13(18)22/h11-12H,4-10H2,1-3H3,(H2,18,22)(H,19,23)/t11-,12-/m0/s1. The number of amides is 4. The Kier molecular flexibility index (Phi) is 6.09. The molecule has 4 amide bonds. The van der Waals surface area contributed by atoms with Crippen molar-refractivity contribution < 1.29 is 23.9 Å². The maximum Gasteiger partial charge on any atom is 0.410 e. The van der Waals surface area contributed by atoms with Crippen LogP contribution in [0.1, 0.15) is 46.5 Å².